The van der Waals surface area contributed by atoms with Gasteiger partial charge in [0, 0.05) is 24.7 Å². The van der Waals surface area contributed by atoms with Crippen LogP contribution >= 0.6 is 11.6 Å². The van der Waals surface area contributed by atoms with Crippen molar-refractivity contribution in [3.8, 4) is 5.75 Å². The van der Waals surface area contributed by atoms with Gasteiger partial charge in [-0.05, 0) is 32.0 Å². The zero-order valence-corrected chi connectivity index (χ0v) is 12.6. The van der Waals surface area contributed by atoms with E-state index in [-0.39, 0.29) is 12.2 Å². The van der Waals surface area contributed by atoms with Crippen molar-refractivity contribution in [1.29, 1.82) is 0 Å². The summed E-state index contributed by atoms with van der Waals surface area (Å²) in [6.07, 6.45) is 1.26. The number of benzene rings is 1. The Balaban J connectivity index is 1.85. The minimum atomic E-state index is 0.250. The Hall–Kier alpha value is -1.10. The van der Waals surface area contributed by atoms with Gasteiger partial charge < -0.3 is 9.47 Å². The van der Waals surface area contributed by atoms with Gasteiger partial charge >= 0.3 is 0 Å². The zero-order chi connectivity index (χ0) is 14.5. The number of nitrogens with zero attached hydrogens (tertiary/aromatic N) is 1. The summed E-state index contributed by atoms with van der Waals surface area (Å²) >= 11 is 5.85. The van der Waals surface area contributed by atoms with E-state index in [1.807, 2.05) is 0 Å². The molecule has 0 saturated carbocycles. The van der Waals surface area contributed by atoms with Crippen molar-refractivity contribution in [2.45, 2.75) is 26.1 Å². The van der Waals surface area contributed by atoms with Crippen LogP contribution < -0.4 is 4.74 Å². The molecule has 0 N–H and O–H groups in total. The first-order valence-electron chi connectivity index (χ1n) is 6.84. The predicted molar refractivity (Wildman–Crippen MR) is 78.8 cm³/mol. The highest BCUT2D eigenvalue weighted by atomic mass is 35.5. The Labute approximate surface area is 124 Å². The average Bonchev–Trinajstić information content (AvgIpc) is 2.39. The van der Waals surface area contributed by atoms with Crippen molar-refractivity contribution in [3.05, 3.63) is 28.8 Å². The minimum absolute atomic E-state index is 0.250. The molecule has 1 saturated heterocycles. The molecule has 5 heteroatoms. The van der Waals surface area contributed by atoms with Gasteiger partial charge in [-0.2, -0.15) is 0 Å². The van der Waals surface area contributed by atoms with E-state index < -0.39 is 0 Å². The highest BCUT2D eigenvalue weighted by molar-refractivity contribution is 6.30. The first-order chi connectivity index (χ1) is 9.58. The number of halogens is 1. The van der Waals surface area contributed by atoms with Crippen LogP contribution in [0.5, 0.6) is 5.75 Å². The molecule has 2 atom stereocenters. The summed E-state index contributed by atoms with van der Waals surface area (Å²) in [5.74, 6) is 0.582. The maximum atomic E-state index is 11.0. The normalized spacial score (nSPS) is 23.6. The summed E-state index contributed by atoms with van der Waals surface area (Å²) in [5.41, 5.74) is 0.487. The summed E-state index contributed by atoms with van der Waals surface area (Å²) in [7, 11) is 0. The molecule has 0 bridgehead atoms. The highest BCUT2D eigenvalue weighted by Gasteiger charge is 2.21. The van der Waals surface area contributed by atoms with Crippen LogP contribution in [0.15, 0.2) is 18.2 Å². The van der Waals surface area contributed by atoms with E-state index in [9.17, 15) is 4.79 Å². The zero-order valence-electron chi connectivity index (χ0n) is 11.8. The molecular weight excluding hydrogens is 278 g/mol. The van der Waals surface area contributed by atoms with Gasteiger partial charge in [-0.3, -0.25) is 9.69 Å². The smallest absolute Gasteiger partial charge is 0.153 e. The van der Waals surface area contributed by atoms with Gasteiger partial charge in [-0.1, -0.05) is 11.6 Å². The average molecular weight is 298 g/mol. The predicted octanol–water partition coefficient (Wildman–Crippen LogP) is 2.64. The molecule has 1 heterocycles. The van der Waals surface area contributed by atoms with E-state index in [1.54, 1.807) is 18.2 Å². The molecule has 1 aliphatic heterocycles. The number of aldehydes is 1. The molecule has 0 spiro atoms. The second kappa shape index (κ2) is 7.07. The number of hydrogen-bond donors (Lipinski definition) is 0. The first kappa shape index (κ1) is 15.3. The van der Waals surface area contributed by atoms with Gasteiger partial charge in [-0.25, -0.2) is 0 Å². The van der Waals surface area contributed by atoms with Gasteiger partial charge in [-0.15, -0.1) is 0 Å². The SMILES string of the molecule is C[C@@H]1CN(CCOc2ccc(Cl)cc2C=O)C[C@@H](C)O1. The third-order valence-corrected chi connectivity index (χ3v) is 3.49. The van der Waals surface area contributed by atoms with E-state index in [0.29, 0.717) is 22.9 Å². The molecule has 0 radical (unpaired) electrons. The standard InChI is InChI=1S/C15H20ClNO3/c1-11-8-17(9-12(2)20-11)5-6-19-15-4-3-14(16)7-13(15)10-18/h3-4,7,10-12H,5-6,8-9H2,1-2H3/t11-,12-/m1/s1. The molecule has 1 aromatic carbocycles. The van der Waals surface area contributed by atoms with Gasteiger partial charge in [0.25, 0.3) is 0 Å². The lowest BCUT2D eigenvalue weighted by molar-refractivity contribution is -0.0699. The van der Waals surface area contributed by atoms with E-state index in [2.05, 4.69) is 18.7 Å². The third kappa shape index (κ3) is 4.20. The van der Waals surface area contributed by atoms with Gasteiger partial charge in [0.2, 0.25) is 0 Å². The molecule has 0 amide bonds. The van der Waals surface area contributed by atoms with E-state index in [4.69, 9.17) is 21.1 Å². The summed E-state index contributed by atoms with van der Waals surface area (Å²) in [4.78, 5) is 13.3. The molecule has 4 nitrogen and oxygen atoms in total. The lowest BCUT2D eigenvalue weighted by Crippen LogP contribution is -2.46. The Morgan fingerprint density at radius 2 is 2.10 bits per heavy atom. The highest BCUT2D eigenvalue weighted by Crippen LogP contribution is 2.21. The molecule has 0 unspecified atom stereocenters. The van der Waals surface area contributed by atoms with E-state index in [1.165, 1.54) is 0 Å². The van der Waals surface area contributed by atoms with Gasteiger partial charge in [0.05, 0.1) is 17.8 Å². The number of hydrogen-bond acceptors (Lipinski definition) is 4. The summed E-state index contributed by atoms with van der Waals surface area (Å²) in [6, 6.07) is 5.07. The van der Waals surface area contributed by atoms with E-state index in [0.717, 1.165) is 25.9 Å². The maximum absolute atomic E-state index is 11.0. The second-order valence-corrected chi connectivity index (χ2v) is 5.60. The van der Waals surface area contributed by atoms with Crippen LogP contribution in [0.2, 0.25) is 5.02 Å². The quantitative estimate of drug-likeness (QED) is 0.783. The fourth-order valence-corrected chi connectivity index (χ4v) is 2.68. The number of rotatable bonds is 5. The lowest BCUT2D eigenvalue weighted by Gasteiger charge is -2.35. The Bertz CT molecular complexity index is 456. The fourth-order valence-electron chi connectivity index (χ4n) is 2.49. The van der Waals surface area contributed by atoms with Crippen LogP contribution in [-0.2, 0) is 4.74 Å². The maximum Gasteiger partial charge on any atom is 0.153 e. The Morgan fingerprint density at radius 3 is 2.75 bits per heavy atom. The monoisotopic (exact) mass is 297 g/mol. The molecule has 1 aromatic rings. The molecule has 2 rings (SSSR count). The molecule has 1 fully saturated rings. The topological polar surface area (TPSA) is 38.8 Å². The van der Waals surface area contributed by atoms with Gasteiger partial charge in [0.1, 0.15) is 12.4 Å². The van der Waals surface area contributed by atoms with Crippen LogP contribution in [0.4, 0.5) is 0 Å². The number of carbonyl (C=O) groups is 1. The Kier molecular flexibility index (Phi) is 5.40. The summed E-state index contributed by atoms with van der Waals surface area (Å²) in [5, 5.41) is 0.537. The molecule has 0 aromatic heterocycles. The van der Waals surface area contributed by atoms with Crippen molar-refractivity contribution in [1.82, 2.24) is 4.90 Å². The molecule has 110 valence electrons. The third-order valence-electron chi connectivity index (χ3n) is 3.26. The second-order valence-electron chi connectivity index (χ2n) is 5.17. The summed E-state index contributed by atoms with van der Waals surface area (Å²) < 4.78 is 11.4. The van der Waals surface area contributed by atoms with Crippen molar-refractivity contribution in [2.75, 3.05) is 26.2 Å². The van der Waals surface area contributed by atoms with Crippen LogP contribution in [0.25, 0.3) is 0 Å². The molecule has 1 aliphatic rings. The molecule has 0 aliphatic carbocycles. The van der Waals surface area contributed by atoms with Crippen LogP contribution in [0.1, 0.15) is 24.2 Å². The van der Waals surface area contributed by atoms with Crippen molar-refractivity contribution >= 4 is 17.9 Å². The number of carbonyl (C=O) groups excluding carboxylic acids is 1. The number of ether oxygens (including phenoxy) is 2. The fraction of sp³-hybridized carbons (Fsp3) is 0.533. The van der Waals surface area contributed by atoms with Crippen LogP contribution in [0.3, 0.4) is 0 Å². The summed E-state index contributed by atoms with van der Waals surface area (Å²) in [6.45, 7) is 7.34. The minimum Gasteiger partial charge on any atom is -0.492 e. The van der Waals surface area contributed by atoms with Crippen molar-refractivity contribution in [3.63, 3.8) is 0 Å². The van der Waals surface area contributed by atoms with Crippen LogP contribution in [0, 0.1) is 0 Å². The first-order valence-corrected chi connectivity index (χ1v) is 7.21. The van der Waals surface area contributed by atoms with Crippen molar-refractivity contribution < 1.29 is 14.3 Å². The van der Waals surface area contributed by atoms with Gasteiger partial charge in [0.15, 0.2) is 6.29 Å². The van der Waals surface area contributed by atoms with E-state index >= 15 is 0 Å². The van der Waals surface area contributed by atoms with Crippen LogP contribution in [-0.4, -0.2) is 49.6 Å². The number of morpholine rings is 1. The molecular formula is C15H20ClNO3. The Morgan fingerprint density at radius 1 is 1.40 bits per heavy atom. The largest absolute Gasteiger partial charge is 0.492 e. The lowest BCUT2D eigenvalue weighted by atomic mass is 10.2. The molecule has 20 heavy (non-hydrogen) atoms. The van der Waals surface area contributed by atoms with Crippen molar-refractivity contribution in [2.24, 2.45) is 0 Å².